The second-order valence-corrected chi connectivity index (χ2v) is 6.48. The highest BCUT2D eigenvalue weighted by Gasteiger charge is 2.19. The number of rotatable bonds is 6. The van der Waals surface area contributed by atoms with E-state index in [1.165, 1.54) is 5.56 Å². The zero-order chi connectivity index (χ0) is 16.8. The average molecular weight is 323 g/mol. The molecule has 1 aromatic carbocycles. The van der Waals surface area contributed by atoms with Crippen molar-refractivity contribution in [3.8, 4) is 0 Å². The first-order chi connectivity index (χ1) is 11.7. The molecule has 0 atom stereocenters. The lowest BCUT2D eigenvalue weighted by Crippen LogP contribution is -2.40. The zero-order valence-electron chi connectivity index (χ0n) is 14.2. The van der Waals surface area contributed by atoms with E-state index in [1.807, 2.05) is 12.1 Å². The largest absolute Gasteiger partial charge is 0.367 e. The van der Waals surface area contributed by atoms with Crippen LogP contribution >= 0.6 is 0 Å². The van der Waals surface area contributed by atoms with Crippen molar-refractivity contribution in [2.24, 2.45) is 0 Å². The summed E-state index contributed by atoms with van der Waals surface area (Å²) in [5.74, 6) is 0.920. The molecular formula is C20H25N3O. The highest BCUT2D eigenvalue weighted by atomic mass is 16.1. The maximum Gasteiger partial charge on any atom is 0.161 e. The Morgan fingerprint density at radius 2 is 1.92 bits per heavy atom. The van der Waals surface area contributed by atoms with E-state index in [1.54, 1.807) is 13.1 Å². The highest BCUT2D eigenvalue weighted by Crippen LogP contribution is 2.16. The van der Waals surface area contributed by atoms with E-state index >= 15 is 0 Å². The molecule has 1 aliphatic rings. The number of aromatic nitrogens is 1. The van der Waals surface area contributed by atoms with Gasteiger partial charge in [-0.15, -0.1) is 0 Å². The summed E-state index contributed by atoms with van der Waals surface area (Å²) >= 11 is 0. The Hall–Kier alpha value is -2.20. The molecule has 1 fully saturated rings. The van der Waals surface area contributed by atoms with Gasteiger partial charge in [0.2, 0.25) is 0 Å². The minimum Gasteiger partial charge on any atom is -0.367 e. The molecule has 0 unspecified atom stereocenters. The zero-order valence-corrected chi connectivity index (χ0v) is 14.2. The van der Waals surface area contributed by atoms with E-state index in [9.17, 15) is 4.79 Å². The molecule has 0 amide bonds. The van der Waals surface area contributed by atoms with Crippen molar-refractivity contribution < 1.29 is 4.79 Å². The van der Waals surface area contributed by atoms with Gasteiger partial charge < -0.3 is 10.2 Å². The normalized spacial score (nSPS) is 16.0. The van der Waals surface area contributed by atoms with Crippen LogP contribution in [-0.4, -0.2) is 41.3 Å². The lowest BCUT2D eigenvalue weighted by molar-refractivity contribution is 0.101. The van der Waals surface area contributed by atoms with E-state index in [-0.39, 0.29) is 5.78 Å². The van der Waals surface area contributed by atoms with E-state index in [4.69, 9.17) is 0 Å². The third kappa shape index (κ3) is 4.65. The highest BCUT2D eigenvalue weighted by molar-refractivity contribution is 5.93. The van der Waals surface area contributed by atoms with Crippen molar-refractivity contribution >= 4 is 11.6 Å². The topological polar surface area (TPSA) is 45.2 Å². The first kappa shape index (κ1) is 16.7. The van der Waals surface area contributed by atoms with Crippen LogP contribution in [0.4, 0.5) is 5.82 Å². The Morgan fingerprint density at radius 3 is 2.54 bits per heavy atom. The molecule has 4 nitrogen and oxygen atoms in total. The molecule has 126 valence electrons. The molecule has 24 heavy (non-hydrogen) atoms. The van der Waals surface area contributed by atoms with Gasteiger partial charge in [-0.25, -0.2) is 4.98 Å². The van der Waals surface area contributed by atoms with Crippen LogP contribution in [0.15, 0.2) is 48.7 Å². The van der Waals surface area contributed by atoms with Gasteiger partial charge >= 0.3 is 0 Å². The number of carbonyl (C=O) groups excluding carboxylic acids is 1. The van der Waals surface area contributed by atoms with Crippen LogP contribution in [-0.2, 0) is 6.42 Å². The molecule has 0 radical (unpaired) electrons. The summed E-state index contributed by atoms with van der Waals surface area (Å²) in [6, 6.07) is 14.9. The van der Waals surface area contributed by atoms with Gasteiger partial charge in [0.05, 0.1) is 0 Å². The molecule has 1 saturated heterocycles. The van der Waals surface area contributed by atoms with Gasteiger partial charge in [0.25, 0.3) is 0 Å². The van der Waals surface area contributed by atoms with Crippen molar-refractivity contribution in [3.05, 3.63) is 59.8 Å². The number of hydrogen-bond donors (Lipinski definition) is 1. The minimum atomic E-state index is 0.0563. The van der Waals surface area contributed by atoms with Gasteiger partial charge in [-0.05, 0) is 43.9 Å². The van der Waals surface area contributed by atoms with Gasteiger partial charge in [0, 0.05) is 37.4 Å². The summed E-state index contributed by atoms with van der Waals surface area (Å²) in [5, 5.41) is 3.49. The van der Waals surface area contributed by atoms with Crippen LogP contribution in [0.1, 0.15) is 35.7 Å². The number of hydrogen-bond acceptors (Lipinski definition) is 4. The molecule has 1 aromatic heterocycles. The Bertz CT molecular complexity index is 646. The molecule has 0 aliphatic carbocycles. The molecule has 2 aromatic rings. The number of benzene rings is 1. The first-order valence-corrected chi connectivity index (χ1v) is 8.70. The fraction of sp³-hybridized carbons (Fsp3) is 0.400. The Morgan fingerprint density at radius 1 is 1.17 bits per heavy atom. The van der Waals surface area contributed by atoms with Gasteiger partial charge in [-0.1, -0.05) is 30.3 Å². The molecule has 2 heterocycles. The maximum atomic E-state index is 11.3. The number of pyridine rings is 1. The monoisotopic (exact) mass is 323 g/mol. The fourth-order valence-corrected chi connectivity index (χ4v) is 3.13. The number of nitrogens with zero attached hydrogens (tertiary/aromatic N) is 2. The van der Waals surface area contributed by atoms with Crippen LogP contribution in [0.25, 0.3) is 0 Å². The van der Waals surface area contributed by atoms with Crippen LogP contribution < -0.4 is 5.32 Å². The average Bonchev–Trinajstić information content (AvgIpc) is 2.62. The molecule has 1 aliphatic heterocycles. The summed E-state index contributed by atoms with van der Waals surface area (Å²) in [6.07, 6.45) is 5.03. The van der Waals surface area contributed by atoms with Gasteiger partial charge in [-0.2, -0.15) is 0 Å². The SMILES string of the molecule is CC(=O)c1ccc(NC2CCN(CCc3ccccc3)CC2)nc1. The van der Waals surface area contributed by atoms with E-state index in [2.05, 4.69) is 45.5 Å². The number of likely N-dealkylation sites (tertiary alicyclic amines) is 1. The van der Waals surface area contributed by atoms with Crippen LogP contribution in [0.3, 0.4) is 0 Å². The Labute approximate surface area is 143 Å². The lowest BCUT2D eigenvalue weighted by Gasteiger charge is -2.32. The Balaban J connectivity index is 1.42. The number of nitrogens with one attached hydrogen (secondary N) is 1. The fourth-order valence-electron chi connectivity index (χ4n) is 3.13. The van der Waals surface area contributed by atoms with Crippen molar-refractivity contribution in [1.82, 2.24) is 9.88 Å². The van der Waals surface area contributed by atoms with Crippen LogP contribution in [0.5, 0.6) is 0 Å². The standard InChI is InChI=1S/C20H25N3O/c1-16(24)18-7-8-20(21-15-18)22-19-10-13-23(14-11-19)12-9-17-5-3-2-4-6-17/h2-8,15,19H,9-14H2,1H3,(H,21,22). The lowest BCUT2D eigenvalue weighted by atomic mass is 10.0. The van der Waals surface area contributed by atoms with E-state index < -0.39 is 0 Å². The summed E-state index contributed by atoms with van der Waals surface area (Å²) in [7, 11) is 0. The van der Waals surface area contributed by atoms with Gasteiger partial charge in [0.1, 0.15) is 5.82 Å². The quantitative estimate of drug-likeness (QED) is 0.828. The number of Topliss-reactive ketones (excluding diaryl/α,β-unsaturated/α-hetero) is 1. The predicted molar refractivity (Wildman–Crippen MR) is 97.5 cm³/mol. The third-order valence-corrected chi connectivity index (χ3v) is 4.67. The number of ketones is 1. The second kappa shape index (κ2) is 8.06. The third-order valence-electron chi connectivity index (χ3n) is 4.67. The molecular weight excluding hydrogens is 298 g/mol. The predicted octanol–water partition coefficient (Wildman–Crippen LogP) is 3.40. The smallest absolute Gasteiger partial charge is 0.161 e. The summed E-state index contributed by atoms with van der Waals surface area (Å²) in [4.78, 5) is 18.2. The summed E-state index contributed by atoms with van der Waals surface area (Å²) < 4.78 is 0. The van der Waals surface area contributed by atoms with Crippen molar-refractivity contribution in [1.29, 1.82) is 0 Å². The molecule has 1 N–H and O–H groups in total. The van der Waals surface area contributed by atoms with Crippen LogP contribution in [0.2, 0.25) is 0 Å². The number of carbonyl (C=O) groups is 1. The van der Waals surface area contributed by atoms with Gasteiger partial charge in [-0.3, -0.25) is 4.79 Å². The van der Waals surface area contributed by atoms with Crippen molar-refractivity contribution in [2.45, 2.75) is 32.2 Å². The van der Waals surface area contributed by atoms with E-state index in [0.29, 0.717) is 11.6 Å². The maximum absolute atomic E-state index is 11.3. The molecule has 0 bridgehead atoms. The minimum absolute atomic E-state index is 0.0563. The van der Waals surface area contributed by atoms with E-state index in [0.717, 1.165) is 44.7 Å². The molecule has 0 spiro atoms. The van der Waals surface area contributed by atoms with Crippen LogP contribution in [0, 0.1) is 0 Å². The van der Waals surface area contributed by atoms with Gasteiger partial charge in [0.15, 0.2) is 5.78 Å². The first-order valence-electron chi connectivity index (χ1n) is 8.70. The van der Waals surface area contributed by atoms with Crippen molar-refractivity contribution in [2.75, 3.05) is 25.0 Å². The molecule has 0 saturated carbocycles. The molecule has 3 rings (SSSR count). The van der Waals surface area contributed by atoms with Crippen molar-refractivity contribution in [3.63, 3.8) is 0 Å². The summed E-state index contributed by atoms with van der Waals surface area (Å²) in [5.41, 5.74) is 2.07. The Kier molecular flexibility index (Phi) is 5.59. The number of anilines is 1. The number of piperidine rings is 1. The molecule has 4 heteroatoms. The summed E-state index contributed by atoms with van der Waals surface area (Å²) in [6.45, 7) is 4.93. The second-order valence-electron chi connectivity index (χ2n) is 6.48.